The van der Waals surface area contributed by atoms with Crippen molar-refractivity contribution >= 4 is 38.9 Å². The number of nitrogen functional groups attached to an aromatic ring is 1. The summed E-state index contributed by atoms with van der Waals surface area (Å²) in [4.78, 5) is 17.3. The van der Waals surface area contributed by atoms with E-state index in [1.807, 2.05) is 4.31 Å². The Labute approximate surface area is 189 Å². The molecule has 4 aromatic rings. The van der Waals surface area contributed by atoms with Crippen LogP contribution in [-0.4, -0.2) is 52.4 Å². The standard InChI is InChI=1S/C21H20F3N7OS/c1-33(32)30-6-4-13(5-7-30)31-11-28-17-10-26-16-3-2-15(29-18(16)19(17)31)12-8-14(21(22,23)24)20(25)27-9-12/h2-3,8-11,13H,4-7H2,1H3,(H2,25,27). The van der Waals surface area contributed by atoms with Gasteiger partial charge >= 0.3 is 6.18 Å². The summed E-state index contributed by atoms with van der Waals surface area (Å²) in [6.45, 7) is 1.40. The summed E-state index contributed by atoms with van der Waals surface area (Å²) >= 11 is 0. The second-order valence-electron chi connectivity index (χ2n) is 7.95. The summed E-state index contributed by atoms with van der Waals surface area (Å²) < 4.78 is 55.7. The molecule has 0 radical (unpaired) electrons. The number of alkyl halides is 3. The fraction of sp³-hybridized carbons (Fsp3) is 0.333. The van der Waals surface area contributed by atoms with E-state index in [2.05, 4.69) is 24.5 Å². The Balaban J connectivity index is 1.60. The summed E-state index contributed by atoms with van der Waals surface area (Å²) in [5.41, 5.74) is 7.57. The van der Waals surface area contributed by atoms with Crippen molar-refractivity contribution < 1.29 is 17.4 Å². The van der Waals surface area contributed by atoms with Gasteiger partial charge in [-0.15, -0.1) is 0 Å². The van der Waals surface area contributed by atoms with Crippen LogP contribution in [0.2, 0.25) is 0 Å². The zero-order valence-corrected chi connectivity index (χ0v) is 18.4. The molecule has 0 amide bonds. The lowest BCUT2D eigenvalue weighted by Gasteiger charge is -2.31. The molecule has 1 fully saturated rings. The van der Waals surface area contributed by atoms with Crippen LogP contribution in [0, 0.1) is 0 Å². The third-order valence-corrected chi connectivity index (χ3v) is 7.04. The van der Waals surface area contributed by atoms with Gasteiger partial charge < -0.3 is 10.3 Å². The lowest BCUT2D eigenvalue weighted by atomic mass is 10.1. The fourth-order valence-electron chi connectivity index (χ4n) is 4.23. The minimum atomic E-state index is -4.62. The third kappa shape index (κ3) is 3.93. The maximum absolute atomic E-state index is 13.3. The Morgan fingerprint density at radius 1 is 1.09 bits per heavy atom. The highest BCUT2D eigenvalue weighted by Gasteiger charge is 2.34. The normalized spacial score (nSPS) is 17.1. The first kappa shape index (κ1) is 21.7. The summed E-state index contributed by atoms with van der Waals surface area (Å²) in [7, 11) is -1.01. The van der Waals surface area contributed by atoms with Crippen molar-refractivity contribution in [3.8, 4) is 11.3 Å². The summed E-state index contributed by atoms with van der Waals surface area (Å²) in [5.74, 6) is -0.575. The first-order valence-electron chi connectivity index (χ1n) is 10.3. The Hall–Kier alpha value is -3.12. The molecule has 0 aromatic carbocycles. The molecular weight excluding hydrogens is 455 g/mol. The number of anilines is 1. The zero-order valence-electron chi connectivity index (χ0n) is 17.6. The van der Waals surface area contributed by atoms with Crippen LogP contribution in [0.4, 0.5) is 19.0 Å². The number of imidazole rings is 1. The third-order valence-electron chi connectivity index (χ3n) is 5.95. The van der Waals surface area contributed by atoms with E-state index in [0.29, 0.717) is 35.3 Å². The van der Waals surface area contributed by atoms with E-state index < -0.39 is 28.5 Å². The average molecular weight is 476 g/mol. The van der Waals surface area contributed by atoms with Gasteiger partial charge in [-0.1, -0.05) is 0 Å². The summed E-state index contributed by atoms with van der Waals surface area (Å²) in [5, 5.41) is 0. The van der Waals surface area contributed by atoms with E-state index >= 15 is 0 Å². The molecule has 1 saturated heterocycles. The van der Waals surface area contributed by atoms with Crippen molar-refractivity contribution in [3.63, 3.8) is 0 Å². The molecule has 5 heterocycles. The first-order valence-corrected chi connectivity index (χ1v) is 11.8. The number of rotatable bonds is 3. The highest BCUT2D eigenvalue weighted by Crippen LogP contribution is 2.36. The molecule has 2 N–H and O–H groups in total. The lowest BCUT2D eigenvalue weighted by molar-refractivity contribution is -0.137. The minimum absolute atomic E-state index is 0.140. The van der Waals surface area contributed by atoms with Gasteiger partial charge in [-0.3, -0.25) is 4.98 Å². The van der Waals surface area contributed by atoms with Gasteiger partial charge in [0.25, 0.3) is 0 Å². The second-order valence-corrected chi connectivity index (χ2v) is 9.31. The van der Waals surface area contributed by atoms with E-state index in [0.717, 1.165) is 24.4 Å². The fourth-order valence-corrected chi connectivity index (χ4v) is 4.96. The molecule has 1 atom stereocenters. The Kier molecular flexibility index (Phi) is 5.28. The van der Waals surface area contributed by atoms with E-state index in [-0.39, 0.29) is 11.6 Å². The van der Waals surface area contributed by atoms with Crippen LogP contribution in [0.15, 0.2) is 36.9 Å². The number of fused-ring (bicyclic) bond motifs is 3. The van der Waals surface area contributed by atoms with Crippen LogP contribution < -0.4 is 5.73 Å². The molecule has 1 aliphatic heterocycles. The maximum Gasteiger partial charge on any atom is 0.419 e. The summed E-state index contributed by atoms with van der Waals surface area (Å²) in [6, 6.07) is 4.44. The molecule has 4 aromatic heterocycles. The Morgan fingerprint density at radius 2 is 1.85 bits per heavy atom. The van der Waals surface area contributed by atoms with E-state index in [4.69, 9.17) is 5.73 Å². The number of halogens is 3. The van der Waals surface area contributed by atoms with E-state index in [9.17, 15) is 17.4 Å². The van der Waals surface area contributed by atoms with Crippen molar-refractivity contribution in [1.29, 1.82) is 0 Å². The van der Waals surface area contributed by atoms with Crippen LogP contribution in [0.25, 0.3) is 33.3 Å². The van der Waals surface area contributed by atoms with Crippen LogP contribution in [0.5, 0.6) is 0 Å². The van der Waals surface area contributed by atoms with Crippen LogP contribution in [-0.2, 0) is 17.2 Å². The van der Waals surface area contributed by atoms with Crippen LogP contribution in [0.3, 0.4) is 0 Å². The van der Waals surface area contributed by atoms with Crippen molar-refractivity contribution in [2.45, 2.75) is 25.1 Å². The van der Waals surface area contributed by atoms with Gasteiger partial charge in [0.05, 0.1) is 45.8 Å². The molecule has 0 aliphatic carbocycles. The van der Waals surface area contributed by atoms with Crippen LogP contribution >= 0.6 is 0 Å². The maximum atomic E-state index is 13.3. The molecule has 8 nitrogen and oxygen atoms in total. The van der Waals surface area contributed by atoms with Gasteiger partial charge in [-0.05, 0) is 31.0 Å². The average Bonchev–Trinajstić information content (AvgIpc) is 3.23. The van der Waals surface area contributed by atoms with Gasteiger partial charge in [0.1, 0.15) is 16.9 Å². The van der Waals surface area contributed by atoms with Gasteiger partial charge in [0.2, 0.25) is 0 Å². The summed E-state index contributed by atoms with van der Waals surface area (Å²) in [6.07, 6.45) is 3.34. The van der Waals surface area contributed by atoms with Gasteiger partial charge in [-0.25, -0.2) is 23.5 Å². The molecule has 12 heteroatoms. The van der Waals surface area contributed by atoms with Gasteiger partial charge in [0, 0.05) is 37.1 Å². The van der Waals surface area contributed by atoms with Crippen LogP contribution in [0.1, 0.15) is 24.4 Å². The predicted molar refractivity (Wildman–Crippen MR) is 119 cm³/mol. The number of piperidine rings is 1. The number of hydrogen-bond donors (Lipinski definition) is 1. The Morgan fingerprint density at radius 3 is 2.55 bits per heavy atom. The van der Waals surface area contributed by atoms with Crippen molar-refractivity contribution in [1.82, 2.24) is 28.8 Å². The molecule has 0 saturated carbocycles. The molecule has 1 aliphatic rings. The van der Waals surface area contributed by atoms with E-state index in [1.165, 1.54) is 6.20 Å². The molecule has 0 spiro atoms. The monoisotopic (exact) mass is 475 g/mol. The number of nitrogens with zero attached hydrogens (tertiary/aromatic N) is 6. The first-order chi connectivity index (χ1) is 15.7. The number of aromatic nitrogens is 5. The molecule has 172 valence electrons. The number of hydrogen-bond acceptors (Lipinski definition) is 6. The molecule has 5 rings (SSSR count). The topological polar surface area (TPSA) is 103 Å². The molecule has 1 unspecified atom stereocenters. The van der Waals surface area contributed by atoms with Crippen molar-refractivity contribution in [2.75, 3.05) is 25.1 Å². The zero-order chi connectivity index (χ0) is 23.3. The molecule has 0 bridgehead atoms. The highest BCUT2D eigenvalue weighted by atomic mass is 32.2. The predicted octanol–water partition coefficient (Wildman–Crippen LogP) is 3.57. The largest absolute Gasteiger partial charge is 0.419 e. The smallest absolute Gasteiger partial charge is 0.383 e. The highest BCUT2D eigenvalue weighted by molar-refractivity contribution is 7.81. The van der Waals surface area contributed by atoms with Gasteiger partial charge in [0.15, 0.2) is 0 Å². The lowest BCUT2D eigenvalue weighted by Crippen LogP contribution is -2.35. The molecular formula is C21H20F3N7OS. The quantitative estimate of drug-likeness (QED) is 0.486. The number of nitrogens with two attached hydrogens (primary N) is 1. The van der Waals surface area contributed by atoms with E-state index in [1.54, 1.807) is 30.9 Å². The molecule has 33 heavy (non-hydrogen) atoms. The number of pyridine rings is 3. The Bertz CT molecular complexity index is 1380. The van der Waals surface area contributed by atoms with Crippen molar-refractivity contribution in [2.24, 2.45) is 0 Å². The second kappa shape index (κ2) is 8.03. The van der Waals surface area contributed by atoms with Gasteiger partial charge in [-0.2, -0.15) is 13.2 Å². The minimum Gasteiger partial charge on any atom is -0.383 e. The SMILES string of the molecule is CS(=O)N1CCC(n2cnc3cnc4ccc(-c5cnc(N)c(C(F)(F)F)c5)nc4c32)CC1. The van der Waals surface area contributed by atoms with Crippen molar-refractivity contribution in [3.05, 3.63) is 42.5 Å².